The van der Waals surface area contributed by atoms with E-state index in [1.807, 2.05) is 29.6 Å². The summed E-state index contributed by atoms with van der Waals surface area (Å²) in [7, 11) is 4.00. The highest BCUT2D eigenvalue weighted by Crippen LogP contribution is 2.17. The second-order valence-electron chi connectivity index (χ2n) is 7.21. The highest BCUT2D eigenvalue weighted by atomic mass is 19.4. The monoisotopic (exact) mass is 443 g/mol. The van der Waals surface area contributed by atoms with Crippen LogP contribution in [0.5, 0.6) is 0 Å². The summed E-state index contributed by atoms with van der Waals surface area (Å²) in [5.74, 6) is -2.77. The number of fused-ring (bicyclic) bond motifs is 1. The summed E-state index contributed by atoms with van der Waals surface area (Å²) in [4.78, 5) is 37.6. The molecule has 0 atom stereocenters. The van der Waals surface area contributed by atoms with Gasteiger partial charge in [0.2, 0.25) is 0 Å². The second-order valence-corrected chi connectivity index (χ2v) is 7.21. The minimum atomic E-state index is -5.08. The van der Waals surface area contributed by atoms with Gasteiger partial charge in [-0.3, -0.25) is 9.59 Å². The van der Waals surface area contributed by atoms with Gasteiger partial charge in [-0.1, -0.05) is 6.07 Å². The van der Waals surface area contributed by atoms with Crippen LogP contribution in [0.1, 0.15) is 21.6 Å². The summed E-state index contributed by atoms with van der Waals surface area (Å²) in [6.07, 6.45) is -0.629. The van der Waals surface area contributed by atoms with Crippen LogP contribution in [0.2, 0.25) is 0 Å². The number of carboxylic acid groups (broad SMARTS) is 1. The summed E-state index contributed by atoms with van der Waals surface area (Å²) in [5.41, 5.74) is 2.83. The summed E-state index contributed by atoms with van der Waals surface area (Å²) < 4.78 is 38.6. The molecule has 1 amide bonds. The Balaban J connectivity index is 0.000000423. The lowest BCUT2D eigenvalue weighted by molar-refractivity contribution is -0.192. The standard InChI is InChI=1S/C18H23N3O3.C2HF3O2/c1-19(2)10-11-21-16-6-9-20(18(23)15-7-12-24-13-15)8-5-14(16)3-4-17(21)22;3-2(4,5)1(6)7/h3-4,7,12-13H,5-6,8-11H2,1-2H3;(H,6,7). The highest BCUT2D eigenvalue weighted by molar-refractivity contribution is 5.93. The maximum atomic E-state index is 12.5. The lowest BCUT2D eigenvalue weighted by atomic mass is 10.1. The molecule has 0 aliphatic carbocycles. The first-order valence-electron chi connectivity index (χ1n) is 9.48. The van der Waals surface area contributed by atoms with E-state index in [0.29, 0.717) is 31.6 Å². The molecule has 8 nitrogen and oxygen atoms in total. The van der Waals surface area contributed by atoms with Crippen molar-refractivity contribution in [2.75, 3.05) is 33.7 Å². The van der Waals surface area contributed by atoms with E-state index >= 15 is 0 Å². The largest absolute Gasteiger partial charge is 0.490 e. The Bertz CT molecular complexity index is 952. The van der Waals surface area contributed by atoms with Gasteiger partial charge in [-0.25, -0.2) is 4.79 Å². The maximum Gasteiger partial charge on any atom is 0.490 e. The molecule has 2 aromatic heterocycles. The zero-order chi connectivity index (χ0) is 23.2. The zero-order valence-corrected chi connectivity index (χ0v) is 17.2. The number of amides is 1. The quantitative estimate of drug-likeness (QED) is 0.775. The van der Waals surface area contributed by atoms with Crippen molar-refractivity contribution in [2.24, 2.45) is 0 Å². The Hall–Kier alpha value is -3.08. The molecule has 0 unspecified atom stereocenters. The number of aromatic nitrogens is 1. The van der Waals surface area contributed by atoms with Crippen LogP contribution < -0.4 is 5.56 Å². The van der Waals surface area contributed by atoms with Crippen molar-refractivity contribution in [2.45, 2.75) is 25.6 Å². The number of furan rings is 1. The van der Waals surface area contributed by atoms with Gasteiger partial charge in [-0.15, -0.1) is 0 Å². The molecule has 11 heteroatoms. The number of alkyl halides is 3. The van der Waals surface area contributed by atoms with Gasteiger partial charge in [-0.2, -0.15) is 13.2 Å². The van der Waals surface area contributed by atoms with Crippen LogP contribution >= 0.6 is 0 Å². The SMILES string of the molecule is CN(C)CCn1c2c(ccc1=O)CCN(C(=O)c1ccoc1)CC2.O=C(O)C(F)(F)F. The average Bonchev–Trinajstić information content (AvgIpc) is 3.13. The molecule has 1 aliphatic rings. The van der Waals surface area contributed by atoms with E-state index in [4.69, 9.17) is 14.3 Å². The second kappa shape index (κ2) is 10.3. The number of carbonyl (C=O) groups excluding carboxylic acids is 1. The Morgan fingerprint density at radius 2 is 1.81 bits per heavy atom. The average molecular weight is 443 g/mol. The number of carboxylic acids is 1. The predicted molar refractivity (Wildman–Crippen MR) is 105 cm³/mol. The molecule has 0 bridgehead atoms. The number of halogens is 3. The predicted octanol–water partition coefficient (Wildman–Crippen LogP) is 1.88. The van der Waals surface area contributed by atoms with Crippen molar-refractivity contribution in [3.8, 4) is 0 Å². The smallest absolute Gasteiger partial charge is 0.475 e. The van der Waals surface area contributed by atoms with Gasteiger partial charge in [0, 0.05) is 44.4 Å². The fourth-order valence-electron chi connectivity index (χ4n) is 3.11. The first kappa shape index (κ1) is 24.2. The molecular weight excluding hydrogens is 419 g/mol. The molecule has 0 radical (unpaired) electrons. The van der Waals surface area contributed by atoms with Crippen LogP contribution in [-0.4, -0.2) is 71.3 Å². The number of likely N-dealkylation sites (N-methyl/N-ethyl adjacent to an activating group) is 1. The van der Waals surface area contributed by atoms with E-state index < -0.39 is 12.1 Å². The van der Waals surface area contributed by atoms with Crippen LogP contribution in [0.4, 0.5) is 13.2 Å². The lowest BCUT2D eigenvalue weighted by Gasteiger charge is -2.19. The molecule has 2 aromatic rings. The number of hydrogen-bond donors (Lipinski definition) is 1. The van der Waals surface area contributed by atoms with Gasteiger partial charge in [0.05, 0.1) is 11.8 Å². The van der Waals surface area contributed by atoms with E-state index in [2.05, 4.69) is 4.90 Å². The molecule has 3 rings (SSSR count). The number of nitrogens with zero attached hydrogens (tertiary/aromatic N) is 3. The fourth-order valence-corrected chi connectivity index (χ4v) is 3.11. The molecule has 0 spiro atoms. The molecular formula is C20H24F3N3O5. The third-order valence-electron chi connectivity index (χ3n) is 4.73. The van der Waals surface area contributed by atoms with Crippen LogP contribution in [0, 0.1) is 0 Å². The van der Waals surface area contributed by atoms with Crippen molar-refractivity contribution in [3.63, 3.8) is 0 Å². The molecule has 0 saturated carbocycles. The van der Waals surface area contributed by atoms with Crippen molar-refractivity contribution >= 4 is 11.9 Å². The molecule has 0 saturated heterocycles. The topological polar surface area (TPSA) is 96.0 Å². The molecule has 0 fully saturated rings. The van der Waals surface area contributed by atoms with Gasteiger partial charge in [0.1, 0.15) is 6.26 Å². The summed E-state index contributed by atoms with van der Waals surface area (Å²) in [6.45, 7) is 2.75. The number of hydrogen-bond acceptors (Lipinski definition) is 5. The van der Waals surface area contributed by atoms with E-state index in [-0.39, 0.29) is 11.5 Å². The minimum absolute atomic E-state index is 0.0151. The Labute approximate surface area is 176 Å². The van der Waals surface area contributed by atoms with Crippen molar-refractivity contribution in [1.29, 1.82) is 0 Å². The Morgan fingerprint density at radius 1 is 1.16 bits per heavy atom. The van der Waals surface area contributed by atoms with Gasteiger partial charge < -0.3 is 23.9 Å². The molecule has 0 aromatic carbocycles. The molecule has 170 valence electrons. The number of pyridine rings is 1. The first-order chi connectivity index (χ1) is 14.5. The number of rotatable bonds is 4. The highest BCUT2D eigenvalue weighted by Gasteiger charge is 2.38. The maximum absolute atomic E-state index is 12.5. The van der Waals surface area contributed by atoms with Crippen molar-refractivity contribution < 1.29 is 32.3 Å². The third-order valence-corrected chi connectivity index (χ3v) is 4.73. The van der Waals surface area contributed by atoms with Crippen LogP contribution in [-0.2, 0) is 24.2 Å². The molecule has 3 heterocycles. The minimum Gasteiger partial charge on any atom is -0.475 e. The number of aliphatic carboxylic acids is 1. The summed E-state index contributed by atoms with van der Waals surface area (Å²) in [5, 5.41) is 7.12. The van der Waals surface area contributed by atoms with E-state index in [1.54, 1.807) is 12.1 Å². The normalized spacial score (nSPS) is 13.8. The van der Waals surface area contributed by atoms with Gasteiger partial charge in [0.15, 0.2) is 0 Å². The molecule has 1 N–H and O–H groups in total. The van der Waals surface area contributed by atoms with Gasteiger partial charge in [0.25, 0.3) is 11.5 Å². The van der Waals surface area contributed by atoms with Crippen molar-refractivity contribution in [3.05, 3.63) is 57.9 Å². The zero-order valence-electron chi connectivity index (χ0n) is 17.2. The Morgan fingerprint density at radius 3 is 2.35 bits per heavy atom. The summed E-state index contributed by atoms with van der Waals surface area (Å²) in [6, 6.07) is 5.24. The number of carbonyl (C=O) groups is 2. The lowest BCUT2D eigenvalue weighted by Crippen LogP contribution is -2.33. The molecule has 1 aliphatic heterocycles. The van der Waals surface area contributed by atoms with Gasteiger partial charge >= 0.3 is 12.1 Å². The summed E-state index contributed by atoms with van der Waals surface area (Å²) >= 11 is 0. The van der Waals surface area contributed by atoms with E-state index in [1.165, 1.54) is 12.5 Å². The van der Waals surface area contributed by atoms with Crippen molar-refractivity contribution in [1.82, 2.24) is 14.4 Å². The van der Waals surface area contributed by atoms with Crippen LogP contribution in [0.25, 0.3) is 0 Å². The van der Waals surface area contributed by atoms with E-state index in [0.717, 1.165) is 24.2 Å². The fraction of sp³-hybridized carbons (Fsp3) is 0.450. The van der Waals surface area contributed by atoms with Crippen LogP contribution in [0.15, 0.2) is 39.9 Å². The van der Waals surface area contributed by atoms with Crippen LogP contribution in [0.3, 0.4) is 0 Å². The Kier molecular flexibility index (Phi) is 8.03. The molecule has 31 heavy (non-hydrogen) atoms. The first-order valence-corrected chi connectivity index (χ1v) is 9.48. The third kappa shape index (κ3) is 6.71. The van der Waals surface area contributed by atoms with E-state index in [9.17, 15) is 22.8 Å². The van der Waals surface area contributed by atoms with Gasteiger partial charge in [-0.05, 0) is 32.1 Å².